The first-order chi connectivity index (χ1) is 7.24. The van der Waals surface area contributed by atoms with Crippen LogP contribution >= 0.6 is 11.6 Å². The standard InChI is InChI=1S/C13H11ClO/c1-9-11-5-3-2-4-10(11)6-7-12(9)13(15)8-14/h2-7H,8H2,1H3. The largest absolute Gasteiger partial charge is 0.293 e. The van der Waals surface area contributed by atoms with E-state index in [2.05, 4.69) is 0 Å². The molecule has 2 rings (SSSR count). The smallest absolute Gasteiger partial charge is 0.177 e. The monoisotopic (exact) mass is 218 g/mol. The Labute approximate surface area is 93.7 Å². The maximum absolute atomic E-state index is 11.5. The minimum Gasteiger partial charge on any atom is -0.293 e. The topological polar surface area (TPSA) is 17.1 Å². The van der Waals surface area contributed by atoms with Crippen LogP contribution in [-0.4, -0.2) is 11.7 Å². The number of ketones is 1. The zero-order valence-corrected chi connectivity index (χ0v) is 9.21. The minimum absolute atomic E-state index is 0.0140. The minimum atomic E-state index is -0.0140. The summed E-state index contributed by atoms with van der Waals surface area (Å²) in [7, 11) is 0. The number of Topliss-reactive ketones (excluding diaryl/α,β-unsaturated/α-hetero) is 1. The molecule has 0 saturated carbocycles. The second-order valence-corrected chi connectivity index (χ2v) is 3.78. The van der Waals surface area contributed by atoms with E-state index in [9.17, 15) is 4.79 Å². The van der Waals surface area contributed by atoms with Gasteiger partial charge in [0.1, 0.15) is 0 Å². The van der Waals surface area contributed by atoms with Gasteiger partial charge in [-0.05, 0) is 23.3 Å². The summed E-state index contributed by atoms with van der Waals surface area (Å²) in [4.78, 5) is 11.5. The predicted octanol–water partition coefficient (Wildman–Crippen LogP) is 3.57. The lowest BCUT2D eigenvalue weighted by atomic mass is 9.98. The third-order valence-corrected chi connectivity index (χ3v) is 2.86. The summed E-state index contributed by atoms with van der Waals surface area (Å²) in [6.07, 6.45) is 0. The maximum atomic E-state index is 11.5. The highest BCUT2D eigenvalue weighted by Crippen LogP contribution is 2.22. The van der Waals surface area contributed by atoms with Crippen molar-refractivity contribution in [1.29, 1.82) is 0 Å². The third kappa shape index (κ3) is 1.75. The van der Waals surface area contributed by atoms with Crippen molar-refractivity contribution in [3.8, 4) is 0 Å². The summed E-state index contributed by atoms with van der Waals surface area (Å²) in [6, 6.07) is 11.8. The van der Waals surface area contributed by atoms with Gasteiger partial charge in [-0.25, -0.2) is 0 Å². The van der Waals surface area contributed by atoms with Crippen LogP contribution in [0.1, 0.15) is 15.9 Å². The molecule has 0 saturated heterocycles. The van der Waals surface area contributed by atoms with E-state index in [0.717, 1.165) is 21.9 Å². The van der Waals surface area contributed by atoms with Gasteiger partial charge in [0.05, 0.1) is 5.88 Å². The van der Waals surface area contributed by atoms with Crippen LogP contribution < -0.4 is 0 Å². The van der Waals surface area contributed by atoms with Crippen molar-refractivity contribution < 1.29 is 4.79 Å². The van der Waals surface area contributed by atoms with E-state index in [1.165, 1.54) is 0 Å². The number of hydrogen-bond acceptors (Lipinski definition) is 1. The number of aryl methyl sites for hydroxylation is 1. The average molecular weight is 219 g/mol. The van der Waals surface area contributed by atoms with Crippen molar-refractivity contribution in [2.75, 3.05) is 5.88 Å². The predicted molar refractivity (Wildman–Crippen MR) is 63.7 cm³/mol. The van der Waals surface area contributed by atoms with E-state index >= 15 is 0 Å². The highest BCUT2D eigenvalue weighted by Gasteiger charge is 2.09. The fourth-order valence-corrected chi connectivity index (χ4v) is 1.95. The molecule has 2 aromatic carbocycles. The van der Waals surface area contributed by atoms with E-state index in [-0.39, 0.29) is 11.7 Å². The van der Waals surface area contributed by atoms with Crippen LogP contribution in [0.15, 0.2) is 36.4 Å². The first-order valence-electron chi connectivity index (χ1n) is 4.81. The quantitative estimate of drug-likeness (QED) is 0.556. The molecule has 15 heavy (non-hydrogen) atoms. The molecule has 0 spiro atoms. The number of carbonyl (C=O) groups excluding carboxylic acids is 1. The molecule has 0 bridgehead atoms. The molecule has 0 fully saturated rings. The Morgan fingerprint density at radius 1 is 1.20 bits per heavy atom. The van der Waals surface area contributed by atoms with E-state index in [4.69, 9.17) is 11.6 Å². The molecule has 0 amide bonds. The Kier molecular flexibility index (Phi) is 2.74. The maximum Gasteiger partial charge on any atom is 0.177 e. The first-order valence-corrected chi connectivity index (χ1v) is 5.35. The van der Waals surface area contributed by atoms with Gasteiger partial charge in [0.25, 0.3) is 0 Å². The second-order valence-electron chi connectivity index (χ2n) is 3.52. The molecule has 2 aromatic rings. The van der Waals surface area contributed by atoms with Crippen molar-refractivity contribution in [1.82, 2.24) is 0 Å². The van der Waals surface area contributed by atoms with Crippen LogP contribution in [0.4, 0.5) is 0 Å². The Balaban J connectivity index is 2.70. The number of halogens is 1. The number of rotatable bonds is 2. The number of benzene rings is 2. The molecule has 0 radical (unpaired) electrons. The third-order valence-electron chi connectivity index (χ3n) is 2.62. The van der Waals surface area contributed by atoms with E-state index in [1.807, 2.05) is 43.3 Å². The van der Waals surface area contributed by atoms with Gasteiger partial charge in [0.2, 0.25) is 0 Å². The molecule has 0 aliphatic rings. The highest BCUT2D eigenvalue weighted by atomic mass is 35.5. The molecule has 0 aromatic heterocycles. The van der Waals surface area contributed by atoms with Gasteiger partial charge in [0.15, 0.2) is 5.78 Å². The van der Waals surface area contributed by atoms with E-state index in [1.54, 1.807) is 0 Å². The molecule has 0 heterocycles. The fourth-order valence-electron chi connectivity index (χ4n) is 1.80. The lowest BCUT2D eigenvalue weighted by Gasteiger charge is -2.06. The number of carbonyl (C=O) groups is 1. The lowest BCUT2D eigenvalue weighted by molar-refractivity contribution is 0.102. The van der Waals surface area contributed by atoms with Gasteiger partial charge < -0.3 is 0 Å². The summed E-state index contributed by atoms with van der Waals surface area (Å²) in [5, 5.41) is 2.27. The van der Waals surface area contributed by atoms with Crippen molar-refractivity contribution in [2.45, 2.75) is 6.92 Å². The molecule has 0 unspecified atom stereocenters. The van der Waals surface area contributed by atoms with Crippen LogP contribution in [0, 0.1) is 6.92 Å². The summed E-state index contributed by atoms with van der Waals surface area (Å²) in [6.45, 7) is 1.96. The molecular weight excluding hydrogens is 208 g/mol. The van der Waals surface area contributed by atoms with E-state index in [0.29, 0.717) is 0 Å². The zero-order chi connectivity index (χ0) is 10.8. The van der Waals surface area contributed by atoms with Gasteiger partial charge in [-0.3, -0.25) is 4.79 Å². The molecule has 0 aliphatic heterocycles. The molecule has 0 aliphatic carbocycles. The Bertz CT molecular complexity index is 517. The Hall–Kier alpha value is -1.34. The van der Waals surface area contributed by atoms with Gasteiger partial charge >= 0.3 is 0 Å². The number of hydrogen-bond donors (Lipinski definition) is 0. The van der Waals surface area contributed by atoms with Crippen molar-refractivity contribution in [3.63, 3.8) is 0 Å². The molecule has 76 valence electrons. The van der Waals surface area contributed by atoms with Gasteiger partial charge in [-0.15, -0.1) is 11.6 Å². The van der Waals surface area contributed by atoms with Crippen molar-refractivity contribution >= 4 is 28.2 Å². The van der Waals surface area contributed by atoms with Crippen molar-refractivity contribution in [2.24, 2.45) is 0 Å². The molecule has 0 atom stereocenters. The zero-order valence-electron chi connectivity index (χ0n) is 8.46. The van der Waals surface area contributed by atoms with Gasteiger partial charge in [-0.1, -0.05) is 36.4 Å². The van der Waals surface area contributed by atoms with Crippen LogP contribution in [0.5, 0.6) is 0 Å². The number of fused-ring (bicyclic) bond motifs is 1. The summed E-state index contributed by atoms with van der Waals surface area (Å²) < 4.78 is 0. The van der Waals surface area contributed by atoms with Crippen LogP contribution in [-0.2, 0) is 0 Å². The highest BCUT2D eigenvalue weighted by molar-refractivity contribution is 6.30. The molecule has 2 heteroatoms. The average Bonchev–Trinajstić information content (AvgIpc) is 2.29. The Morgan fingerprint density at radius 2 is 1.93 bits per heavy atom. The van der Waals surface area contributed by atoms with Crippen LogP contribution in [0.2, 0.25) is 0 Å². The summed E-state index contributed by atoms with van der Waals surface area (Å²) in [5.74, 6) is 0.0269. The number of alkyl halides is 1. The summed E-state index contributed by atoms with van der Waals surface area (Å²) in [5.41, 5.74) is 1.74. The molecule has 1 nitrogen and oxygen atoms in total. The molecular formula is C13H11ClO. The first kappa shape index (κ1) is 10.2. The van der Waals surface area contributed by atoms with Crippen molar-refractivity contribution in [3.05, 3.63) is 47.5 Å². The van der Waals surface area contributed by atoms with Gasteiger partial charge in [-0.2, -0.15) is 0 Å². The second kappa shape index (κ2) is 4.03. The SMILES string of the molecule is Cc1c(C(=O)CCl)ccc2ccccc12. The summed E-state index contributed by atoms with van der Waals surface area (Å²) >= 11 is 5.56. The van der Waals surface area contributed by atoms with Gasteiger partial charge in [0, 0.05) is 5.56 Å². The van der Waals surface area contributed by atoms with Crippen LogP contribution in [0.3, 0.4) is 0 Å². The molecule has 0 N–H and O–H groups in total. The normalized spacial score (nSPS) is 10.5. The van der Waals surface area contributed by atoms with Crippen LogP contribution in [0.25, 0.3) is 10.8 Å². The lowest BCUT2D eigenvalue weighted by Crippen LogP contribution is -2.03. The Morgan fingerprint density at radius 3 is 2.67 bits per heavy atom. The van der Waals surface area contributed by atoms with E-state index < -0.39 is 0 Å². The fraction of sp³-hybridized carbons (Fsp3) is 0.154.